The number of ether oxygens (including phenoxy) is 1. The highest BCUT2D eigenvalue weighted by Gasteiger charge is 2.33. The Hall–Kier alpha value is -3.80. The second-order valence-corrected chi connectivity index (χ2v) is 6.87. The van der Waals surface area contributed by atoms with E-state index in [0.29, 0.717) is 0 Å². The number of aromatic nitrogens is 1. The summed E-state index contributed by atoms with van der Waals surface area (Å²) in [5.74, 6) is 0.434. The highest BCUT2D eigenvalue weighted by atomic mass is 16.5. The number of rotatable bonds is 5. The molecule has 3 aromatic rings. The van der Waals surface area contributed by atoms with Crippen molar-refractivity contribution in [3.05, 3.63) is 89.4 Å². The Balaban J connectivity index is 1.57. The fourth-order valence-corrected chi connectivity index (χ4v) is 3.23. The van der Waals surface area contributed by atoms with E-state index in [1.807, 2.05) is 78.4 Å². The van der Waals surface area contributed by atoms with Crippen LogP contribution in [0.4, 0.5) is 4.79 Å². The van der Waals surface area contributed by atoms with Gasteiger partial charge in [-0.3, -0.25) is 9.69 Å². The molecule has 146 valence electrons. The van der Waals surface area contributed by atoms with Crippen LogP contribution in [0, 0.1) is 6.92 Å². The van der Waals surface area contributed by atoms with Crippen LogP contribution < -0.4 is 10.1 Å². The third-order valence-corrected chi connectivity index (χ3v) is 4.85. The first-order valence-corrected chi connectivity index (χ1v) is 9.27. The fourth-order valence-electron chi connectivity index (χ4n) is 3.23. The van der Waals surface area contributed by atoms with Gasteiger partial charge in [0.25, 0.3) is 5.91 Å². The molecule has 1 fully saturated rings. The second-order valence-electron chi connectivity index (χ2n) is 6.87. The normalized spacial score (nSPS) is 15.1. The third kappa shape index (κ3) is 3.78. The van der Waals surface area contributed by atoms with Crippen LogP contribution in [0.3, 0.4) is 0 Å². The number of hydrogen-bond donors (Lipinski definition) is 1. The molecular formula is C23H21N3O3. The summed E-state index contributed by atoms with van der Waals surface area (Å²) in [6.45, 7) is 2.23. The Morgan fingerprint density at radius 2 is 1.72 bits per heavy atom. The maximum absolute atomic E-state index is 12.8. The average molecular weight is 387 g/mol. The van der Waals surface area contributed by atoms with Gasteiger partial charge in [0.15, 0.2) is 0 Å². The first-order chi connectivity index (χ1) is 14.0. The van der Waals surface area contributed by atoms with Gasteiger partial charge in [-0.15, -0.1) is 0 Å². The molecule has 1 saturated heterocycles. The number of methoxy groups -OCH3 is 1. The summed E-state index contributed by atoms with van der Waals surface area (Å²) in [6.07, 6.45) is 3.60. The zero-order valence-corrected chi connectivity index (χ0v) is 16.3. The predicted octanol–water partition coefficient (Wildman–Crippen LogP) is 3.89. The first-order valence-electron chi connectivity index (χ1n) is 9.27. The molecule has 1 N–H and O–H groups in total. The topological polar surface area (TPSA) is 63.6 Å². The van der Waals surface area contributed by atoms with Crippen molar-refractivity contribution >= 4 is 18.0 Å². The molecule has 2 heterocycles. The van der Waals surface area contributed by atoms with Crippen LogP contribution in [0.15, 0.2) is 72.6 Å². The van der Waals surface area contributed by atoms with E-state index in [4.69, 9.17) is 4.74 Å². The minimum Gasteiger partial charge on any atom is -0.497 e. The number of amides is 3. The Morgan fingerprint density at radius 1 is 1.00 bits per heavy atom. The van der Waals surface area contributed by atoms with Gasteiger partial charge in [-0.05, 0) is 55.0 Å². The molecule has 0 saturated carbocycles. The molecule has 6 nitrogen and oxygen atoms in total. The van der Waals surface area contributed by atoms with Gasteiger partial charge in [-0.2, -0.15) is 0 Å². The van der Waals surface area contributed by atoms with E-state index in [0.717, 1.165) is 28.3 Å². The van der Waals surface area contributed by atoms with E-state index in [9.17, 15) is 9.59 Å². The molecule has 0 spiro atoms. The van der Waals surface area contributed by atoms with Gasteiger partial charge in [0.05, 0.1) is 13.7 Å². The number of benzene rings is 2. The number of urea groups is 1. The van der Waals surface area contributed by atoms with Gasteiger partial charge in [-0.25, -0.2) is 4.79 Å². The van der Waals surface area contributed by atoms with Gasteiger partial charge in [0.1, 0.15) is 11.4 Å². The van der Waals surface area contributed by atoms with Crippen LogP contribution in [0.1, 0.15) is 16.8 Å². The van der Waals surface area contributed by atoms with E-state index in [1.54, 1.807) is 13.2 Å². The molecule has 1 aliphatic rings. The standard InChI is InChI=1S/C23H21N3O3/c1-16-5-7-17(8-6-16)15-26-22(27)21(24-23(26)28)14-19-4-3-13-25(19)18-9-11-20(29-2)12-10-18/h3-14H,15H2,1-2H3,(H,24,28). The molecule has 0 aliphatic carbocycles. The van der Waals surface area contributed by atoms with E-state index in [-0.39, 0.29) is 18.1 Å². The quantitative estimate of drug-likeness (QED) is 0.534. The monoisotopic (exact) mass is 387 g/mol. The van der Waals surface area contributed by atoms with Crippen LogP contribution in [0.2, 0.25) is 0 Å². The Labute approximate surface area is 169 Å². The SMILES string of the molecule is COc1ccc(-n2cccc2C=C2NC(=O)N(Cc3ccc(C)cc3)C2=O)cc1. The van der Waals surface area contributed by atoms with Crippen molar-refractivity contribution in [2.24, 2.45) is 0 Å². The maximum Gasteiger partial charge on any atom is 0.329 e. The van der Waals surface area contributed by atoms with Crippen molar-refractivity contribution in [1.82, 2.24) is 14.8 Å². The highest BCUT2D eigenvalue weighted by Crippen LogP contribution is 2.21. The summed E-state index contributed by atoms with van der Waals surface area (Å²) in [6, 6.07) is 18.7. The minimum atomic E-state index is -0.413. The lowest BCUT2D eigenvalue weighted by Crippen LogP contribution is -2.30. The van der Waals surface area contributed by atoms with Gasteiger partial charge in [-0.1, -0.05) is 29.8 Å². The Kier molecular flexibility index (Phi) is 4.91. The lowest BCUT2D eigenvalue weighted by Gasteiger charge is -2.12. The predicted molar refractivity (Wildman–Crippen MR) is 111 cm³/mol. The number of imide groups is 1. The summed E-state index contributed by atoms with van der Waals surface area (Å²) in [7, 11) is 1.62. The molecule has 0 unspecified atom stereocenters. The minimum absolute atomic E-state index is 0.238. The van der Waals surface area contributed by atoms with Crippen LogP contribution >= 0.6 is 0 Å². The van der Waals surface area contributed by atoms with Gasteiger partial charge >= 0.3 is 6.03 Å². The van der Waals surface area contributed by atoms with Crippen molar-refractivity contribution in [2.75, 3.05) is 7.11 Å². The van der Waals surface area contributed by atoms with Gasteiger partial charge < -0.3 is 14.6 Å². The molecule has 2 aromatic carbocycles. The number of nitrogens with one attached hydrogen (secondary N) is 1. The van der Waals surface area contributed by atoms with E-state index in [1.165, 1.54) is 4.90 Å². The number of carbonyl (C=O) groups excluding carboxylic acids is 2. The molecule has 0 bridgehead atoms. The van der Waals surface area contributed by atoms with E-state index in [2.05, 4.69) is 5.32 Å². The molecular weight excluding hydrogens is 366 g/mol. The zero-order chi connectivity index (χ0) is 20.4. The van der Waals surface area contributed by atoms with Crippen molar-refractivity contribution in [2.45, 2.75) is 13.5 Å². The molecule has 0 atom stereocenters. The van der Waals surface area contributed by atoms with E-state index >= 15 is 0 Å². The maximum atomic E-state index is 12.8. The first kappa shape index (κ1) is 18.6. The molecule has 6 heteroatoms. The second kappa shape index (κ2) is 7.67. The lowest BCUT2D eigenvalue weighted by atomic mass is 10.1. The number of aryl methyl sites for hydroxylation is 1. The smallest absolute Gasteiger partial charge is 0.329 e. The summed E-state index contributed by atoms with van der Waals surface area (Å²) in [4.78, 5) is 26.4. The Morgan fingerprint density at radius 3 is 2.41 bits per heavy atom. The van der Waals surface area contributed by atoms with Crippen molar-refractivity contribution in [1.29, 1.82) is 0 Å². The third-order valence-electron chi connectivity index (χ3n) is 4.85. The van der Waals surface area contributed by atoms with Crippen molar-refractivity contribution < 1.29 is 14.3 Å². The molecule has 1 aromatic heterocycles. The summed E-state index contributed by atoms with van der Waals surface area (Å²) in [5.41, 5.74) is 4.01. The average Bonchev–Trinajstić information content (AvgIpc) is 3.30. The number of carbonyl (C=O) groups is 2. The molecule has 3 amide bonds. The van der Waals surface area contributed by atoms with Crippen molar-refractivity contribution in [3.8, 4) is 11.4 Å². The molecule has 1 aliphatic heterocycles. The van der Waals surface area contributed by atoms with Crippen LogP contribution in [-0.4, -0.2) is 28.5 Å². The largest absolute Gasteiger partial charge is 0.497 e. The summed E-state index contributed by atoms with van der Waals surface area (Å²) in [5, 5.41) is 2.69. The van der Waals surface area contributed by atoms with E-state index < -0.39 is 6.03 Å². The lowest BCUT2D eigenvalue weighted by molar-refractivity contribution is -0.123. The zero-order valence-electron chi connectivity index (χ0n) is 16.3. The van der Waals surface area contributed by atoms with Crippen LogP contribution in [0.25, 0.3) is 11.8 Å². The molecule has 29 heavy (non-hydrogen) atoms. The summed E-state index contributed by atoms with van der Waals surface area (Å²) < 4.78 is 7.14. The molecule has 0 radical (unpaired) electrons. The summed E-state index contributed by atoms with van der Waals surface area (Å²) >= 11 is 0. The van der Waals surface area contributed by atoms with Crippen LogP contribution in [-0.2, 0) is 11.3 Å². The van der Waals surface area contributed by atoms with Gasteiger partial charge in [0.2, 0.25) is 0 Å². The number of nitrogens with zero attached hydrogens (tertiary/aromatic N) is 2. The van der Waals surface area contributed by atoms with Crippen molar-refractivity contribution in [3.63, 3.8) is 0 Å². The van der Waals surface area contributed by atoms with Crippen LogP contribution in [0.5, 0.6) is 5.75 Å². The highest BCUT2D eigenvalue weighted by molar-refractivity contribution is 6.13. The van der Waals surface area contributed by atoms with Gasteiger partial charge in [0, 0.05) is 17.6 Å². The molecule has 4 rings (SSSR count). The fraction of sp³-hybridized carbons (Fsp3) is 0.130. The Bertz CT molecular complexity index is 1080. The number of hydrogen-bond acceptors (Lipinski definition) is 3.